The van der Waals surface area contributed by atoms with E-state index < -0.39 is 5.63 Å². The van der Waals surface area contributed by atoms with Crippen LogP contribution in [0, 0.1) is 0 Å². The number of benzene rings is 3. The predicted molar refractivity (Wildman–Crippen MR) is 125 cm³/mol. The Morgan fingerprint density at radius 3 is 2.41 bits per heavy atom. The Kier molecular flexibility index (Phi) is 6.03. The first-order chi connectivity index (χ1) is 15.6. The summed E-state index contributed by atoms with van der Waals surface area (Å²) in [5, 5.41) is 3.65. The monoisotopic (exact) mass is 427 g/mol. The zero-order valence-electron chi connectivity index (χ0n) is 17.6. The van der Waals surface area contributed by atoms with Gasteiger partial charge in [0.15, 0.2) is 11.5 Å². The van der Waals surface area contributed by atoms with Gasteiger partial charge in [0.25, 0.3) is 0 Å². The molecule has 1 aromatic heterocycles. The molecule has 1 heterocycles. The van der Waals surface area contributed by atoms with Gasteiger partial charge in [0.05, 0.1) is 19.8 Å². The summed E-state index contributed by atoms with van der Waals surface area (Å²) >= 11 is 0. The van der Waals surface area contributed by atoms with Gasteiger partial charge in [-0.3, -0.25) is 4.79 Å². The molecule has 32 heavy (non-hydrogen) atoms. The smallest absolute Gasteiger partial charge is 0.344 e. The van der Waals surface area contributed by atoms with Gasteiger partial charge in [0, 0.05) is 17.1 Å². The Morgan fingerprint density at radius 1 is 0.906 bits per heavy atom. The average molecular weight is 427 g/mol. The van der Waals surface area contributed by atoms with E-state index in [1.807, 2.05) is 24.3 Å². The van der Waals surface area contributed by atoms with Gasteiger partial charge in [0.2, 0.25) is 5.91 Å². The molecule has 0 aliphatic rings. The van der Waals surface area contributed by atoms with Gasteiger partial charge in [-0.15, -0.1) is 0 Å². The van der Waals surface area contributed by atoms with Crippen molar-refractivity contribution >= 4 is 28.6 Å². The van der Waals surface area contributed by atoms with Gasteiger partial charge in [0.1, 0.15) is 5.58 Å². The van der Waals surface area contributed by atoms with E-state index in [-0.39, 0.29) is 5.91 Å². The first kappa shape index (κ1) is 20.9. The zero-order chi connectivity index (χ0) is 22.5. The quantitative estimate of drug-likeness (QED) is 0.341. The van der Waals surface area contributed by atoms with Gasteiger partial charge in [-0.25, -0.2) is 4.79 Å². The van der Waals surface area contributed by atoms with Crippen LogP contribution in [-0.4, -0.2) is 20.1 Å². The predicted octanol–water partition coefficient (Wildman–Crippen LogP) is 5.13. The Hall–Kier alpha value is -4.32. The van der Waals surface area contributed by atoms with Crippen LogP contribution in [0.1, 0.15) is 5.56 Å². The second kappa shape index (κ2) is 9.22. The van der Waals surface area contributed by atoms with Gasteiger partial charge in [-0.2, -0.15) is 0 Å². The molecule has 160 valence electrons. The van der Waals surface area contributed by atoms with Gasteiger partial charge < -0.3 is 19.2 Å². The molecule has 3 aromatic carbocycles. The molecule has 0 aliphatic heterocycles. The second-order valence-corrected chi connectivity index (χ2v) is 7.00. The van der Waals surface area contributed by atoms with E-state index in [1.54, 1.807) is 68.8 Å². The van der Waals surface area contributed by atoms with Gasteiger partial charge >= 0.3 is 5.63 Å². The van der Waals surface area contributed by atoms with Crippen molar-refractivity contribution in [3.8, 4) is 22.6 Å². The number of para-hydroxylation sites is 1. The lowest BCUT2D eigenvalue weighted by molar-refractivity contribution is -0.111. The van der Waals surface area contributed by atoms with Crippen LogP contribution in [0.25, 0.3) is 28.2 Å². The van der Waals surface area contributed by atoms with Crippen LogP contribution in [0.2, 0.25) is 0 Å². The molecule has 1 amide bonds. The lowest BCUT2D eigenvalue weighted by atomic mass is 10.1. The van der Waals surface area contributed by atoms with Gasteiger partial charge in [-0.1, -0.05) is 36.4 Å². The van der Waals surface area contributed by atoms with Crippen molar-refractivity contribution in [3.63, 3.8) is 0 Å². The molecule has 6 heteroatoms. The molecule has 0 fully saturated rings. The van der Waals surface area contributed by atoms with Crippen LogP contribution in [-0.2, 0) is 4.79 Å². The first-order valence-corrected chi connectivity index (χ1v) is 9.92. The average Bonchev–Trinajstić information content (AvgIpc) is 2.82. The van der Waals surface area contributed by atoms with Crippen molar-refractivity contribution in [1.82, 2.24) is 0 Å². The number of methoxy groups -OCH3 is 2. The van der Waals surface area contributed by atoms with Crippen LogP contribution in [0.15, 0.2) is 88.1 Å². The number of carbonyl (C=O) groups excluding carboxylic acids is 1. The van der Waals surface area contributed by atoms with Crippen molar-refractivity contribution in [2.24, 2.45) is 0 Å². The van der Waals surface area contributed by atoms with Crippen LogP contribution in [0.3, 0.4) is 0 Å². The molecule has 0 saturated carbocycles. The minimum Gasteiger partial charge on any atom is -0.493 e. The van der Waals surface area contributed by atoms with E-state index in [0.717, 1.165) is 10.9 Å². The Morgan fingerprint density at radius 2 is 1.66 bits per heavy atom. The number of amides is 1. The van der Waals surface area contributed by atoms with E-state index in [4.69, 9.17) is 13.9 Å². The van der Waals surface area contributed by atoms with Gasteiger partial charge in [-0.05, 0) is 53.6 Å². The van der Waals surface area contributed by atoms with Crippen LogP contribution in [0.5, 0.6) is 11.5 Å². The summed E-state index contributed by atoms with van der Waals surface area (Å²) in [6.45, 7) is 0. The van der Waals surface area contributed by atoms with Crippen molar-refractivity contribution < 1.29 is 18.7 Å². The van der Waals surface area contributed by atoms with Crippen molar-refractivity contribution in [2.75, 3.05) is 19.5 Å². The Balaban J connectivity index is 1.47. The summed E-state index contributed by atoms with van der Waals surface area (Å²) in [7, 11) is 3.13. The van der Waals surface area contributed by atoms with Crippen LogP contribution >= 0.6 is 0 Å². The molecular weight excluding hydrogens is 406 g/mol. The number of hydrogen-bond acceptors (Lipinski definition) is 5. The number of hydrogen-bond donors (Lipinski definition) is 1. The fourth-order valence-corrected chi connectivity index (χ4v) is 3.31. The highest BCUT2D eigenvalue weighted by Gasteiger charge is 2.08. The molecule has 0 atom stereocenters. The topological polar surface area (TPSA) is 77.8 Å². The molecule has 6 nitrogen and oxygen atoms in total. The minimum atomic E-state index is -0.404. The highest BCUT2D eigenvalue weighted by molar-refractivity contribution is 6.02. The number of ether oxygens (including phenoxy) is 2. The third-order valence-corrected chi connectivity index (χ3v) is 4.94. The summed E-state index contributed by atoms with van der Waals surface area (Å²) in [4.78, 5) is 24.6. The summed E-state index contributed by atoms with van der Waals surface area (Å²) in [5.41, 5.74) is 2.74. The summed E-state index contributed by atoms with van der Waals surface area (Å²) in [6, 6.07) is 21.6. The van der Waals surface area contributed by atoms with Crippen LogP contribution < -0.4 is 20.4 Å². The maximum absolute atomic E-state index is 12.3. The van der Waals surface area contributed by atoms with E-state index in [0.29, 0.717) is 33.9 Å². The highest BCUT2D eigenvalue weighted by Crippen LogP contribution is 2.28. The Labute approximate surface area is 184 Å². The van der Waals surface area contributed by atoms with Crippen molar-refractivity contribution in [1.29, 1.82) is 0 Å². The maximum Gasteiger partial charge on any atom is 0.344 e. The second-order valence-electron chi connectivity index (χ2n) is 7.00. The molecule has 1 N–H and O–H groups in total. The normalized spacial score (nSPS) is 10.9. The largest absolute Gasteiger partial charge is 0.493 e. The van der Waals surface area contributed by atoms with E-state index >= 15 is 0 Å². The molecule has 0 radical (unpaired) electrons. The lowest BCUT2D eigenvalue weighted by Gasteiger charge is -2.07. The number of carbonyl (C=O) groups is 1. The van der Waals surface area contributed by atoms with E-state index in [2.05, 4.69) is 5.32 Å². The lowest BCUT2D eigenvalue weighted by Crippen LogP contribution is -2.08. The molecule has 4 rings (SSSR count). The third kappa shape index (κ3) is 4.54. The summed E-state index contributed by atoms with van der Waals surface area (Å²) < 4.78 is 15.9. The summed E-state index contributed by atoms with van der Waals surface area (Å²) in [6.07, 6.45) is 3.12. The number of fused-ring (bicyclic) bond motifs is 1. The molecule has 0 saturated heterocycles. The number of anilines is 1. The standard InChI is InChI=1S/C26H21NO5/c1-30-23-13-7-17(15-24(23)31-2)8-14-25(28)27-20-11-9-18(10-12-20)21-16-19-5-3-4-6-22(19)32-26(21)29/h3-16H,1-2H3,(H,27,28). The minimum absolute atomic E-state index is 0.280. The molecule has 0 bridgehead atoms. The van der Waals surface area contributed by atoms with E-state index in [9.17, 15) is 9.59 Å². The number of nitrogens with one attached hydrogen (secondary N) is 1. The fraction of sp³-hybridized carbons (Fsp3) is 0.0769. The third-order valence-electron chi connectivity index (χ3n) is 4.94. The SMILES string of the molecule is COc1ccc(C=CC(=O)Nc2ccc(-c3cc4ccccc4oc3=O)cc2)cc1OC. The highest BCUT2D eigenvalue weighted by atomic mass is 16.5. The Bertz CT molecular complexity index is 1350. The maximum atomic E-state index is 12.3. The van der Waals surface area contributed by atoms with E-state index in [1.165, 1.54) is 6.08 Å². The fourth-order valence-electron chi connectivity index (χ4n) is 3.31. The van der Waals surface area contributed by atoms with Crippen molar-refractivity contribution in [3.05, 3.63) is 94.9 Å². The molecule has 0 spiro atoms. The molecule has 4 aromatic rings. The molecular formula is C26H21NO5. The summed E-state index contributed by atoms with van der Waals surface area (Å²) in [5.74, 6) is 0.927. The molecule has 0 unspecified atom stereocenters. The first-order valence-electron chi connectivity index (χ1n) is 9.92. The number of rotatable bonds is 6. The van der Waals surface area contributed by atoms with Crippen LogP contribution in [0.4, 0.5) is 5.69 Å². The zero-order valence-corrected chi connectivity index (χ0v) is 17.6. The molecule has 0 aliphatic carbocycles. The van der Waals surface area contributed by atoms with Crippen molar-refractivity contribution in [2.45, 2.75) is 0 Å².